The molecule has 0 aliphatic rings. The average molecular weight is 306 g/mol. The van der Waals surface area contributed by atoms with E-state index in [1.165, 1.54) is 0 Å². The van der Waals surface area contributed by atoms with E-state index in [0.29, 0.717) is 17.1 Å². The lowest BCUT2D eigenvalue weighted by Crippen LogP contribution is -2.23. The van der Waals surface area contributed by atoms with Gasteiger partial charge >= 0.3 is 0 Å². The lowest BCUT2D eigenvalue weighted by Gasteiger charge is -2.09. The number of aryl methyl sites for hydroxylation is 1. The van der Waals surface area contributed by atoms with Gasteiger partial charge in [0.05, 0.1) is 10.6 Å². The van der Waals surface area contributed by atoms with Crippen LogP contribution in [0.3, 0.4) is 0 Å². The molecular formula is C16H16ClNOS. The number of benzene rings is 2. The smallest absolute Gasteiger partial charge is 0.253 e. The van der Waals surface area contributed by atoms with E-state index in [2.05, 4.69) is 5.32 Å². The molecule has 20 heavy (non-hydrogen) atoms. The van der Waals surface area contributed by atoms with Gasteiger partial charge in [0, 0.05) is 11.4 Å². The van der Waals surface area contributed by atoms with Crippen molar-refractivity contribution >= 4 is 29.3 Å². The molecule has 0 bridgehead atoms. The molecule has 0 saturated heterocycles. The Hall–Kier alpha value is -1.45. The lowest BCUT2D eigenvalue weighted by molar-refractivity contribution is 0.0951. The molecule has 0 spiro atoms. The van der Waals surface area contributed by atoms with Crippen molar-refractivity contribution < 1.29 is 4.79 Å². The third kappa shape index (κ3) is 3.56. The fraction of sp³-hybridized carbons (Fsp3) is 0.188. The molecule has 0 atom stereocenters. The standard InChI is InChI=1S/C16H16ClNOS/c1-11-5-3-4-6-12(11)10-18-16(19)14-9-13(20-2)7-8-15(14)17/h3-9H,10H2,1-2H3,(H,18,19). The monoisotopic (exact) mass is 305 g/mol. The molecule has 0 saturated carbocycles. The van der Waals surface area contributed by atoms with E-state index in [-0.39, 0.29) is 5.91 Å². The summed E-state index contributed by atoms with van der Waals surface area (Å²) in [5.74, 6) is -0.144. The predicted molar refractivity (Wildman–Crippen MR) is 85.6 cm³/mol. The van der Waals surface area contributed by atoms with Crippen LogP contribution in [-0.4, -0.2) is 12.2 Å². The minimum atomic E-state index is -0.144. The molecule has 0 aromatic heterocycles. The first kappa shape index (κ1) is 14.9. The molecule has 2 nitrogen and oxygen atoms in total. The van der Waals surface area contributed by atoms with Gasteiger partial charge in [-0.3, -0.25) is 4.79 Å². The third-order valence-electron chi connectivity index (χ3n) is 3.12. The maximum Gasteiger partial charge on any atom is 0.253 e. The fourth-order valence-corrected chi connectivity index (χ4v) is 2.53. The molecule has 0 fully saturated rings. The highest BCUT2D eigenvalue weighted by Gasteiger charge is 2.11. The summed E-state index contributed by atoms with van der Waals surface area (Å²) in [6.45, 7) is 2.54. The van der Waals surface area contributed by atoms with Crippen LogP contribution in [0.1, 0.15) is 21.5 Å². The van der Waals surface area contributed by atoms with Gasteiger partial charge in [0.25, 0.3) is 5.91 Å². The number of thioether (sulfide) groups is 1. The maximum absolute atomic E-state index is 12.2. The molecule has 0 aliphatic heterocycles. The topological polar surface area (TPSA) is 29.1 Å². The molecule has 0 radical (unpaired) electrons. The summed E-state index contributed by atoms with van der Waals surface area (Å²) < 4.78 is 0. The highest BCUT2D eigenvalue weighted by Crippen LogP contribution is 2.23. The van der Waals surface area contributed by atoms with Crippen LogP contribution in [0.15, 0.2) is 47.4 Å². The quantitative estimate of drug-likeness (QED) is 0.853. The van der Waals surface area contributed by atoms with Crippen molar-refractivity contribution in [3.8, 4) is 0 Å². The van der Waals surface area contributed by atoms with Crippen LogP contribution in [0.2, 0.25) is 5.02 Å². The number of nitrogens with one attached hydrogen (secondary N) is 1. The first-order valence-corrected chi connectivity index (χ1v) is 7.88. The fourth-order valence-electron chi connectivity index (χ4n) is 1.88. The van der Waals surface area contributed by atoms with Crippen molar-refractivity contribution in [2.45, 2.75) is 18.4 Å². The van der Waals surface area contributed by atoms with Crippen LogP contribution >= 0.6 is 23.4 Å². The third-order valence-corrected chi connectivity index (χ3v) is 4.17. The molecule has 2 rings (SSSR count). The zero-order valence-electron chi connectivity index (χ0n) is 11.4. The number of hydrogen-bond donors (Lipinski definition) is 1. The van der Waals surface area contributed by atoms with Crippen molar-refractivity contribution in [1.82, 2.24) is 5.32 Å². The van der Waals surface area contributed by atoms with Crippen molar-refractivity contribution in [1.29, 1.82) is 0 Å². The first-order chi connectivity index (χ1) is 9.61. The number of carbonyl (C=O) groups is 1. The van der Waals surface area contributed by atoms with Gasteiger partial charge in [-0.25, -0.2) is 0 Å². The molecule has 0 heterocycles. The highest BCUT2D eigenvalue weighted by molar-refractivity contribution is 7.98. The van der Waals surface area contributed by atoms with Crippen molar-refractivity contribution in [2.24, 2.45) is 0 Å². The number of carbonyl (C=O) groups excluding carboxylic acids is 1. The molecular weight excluding hydrogens is 290 g/mol. The molecule has 0 unspecified atom stereocenters. The summed E-state index contributed by atoms with van der Waals surface area (Å²) in [6, 6.07) is 13.5. The van der Waals surface area contributed by atoms with Crippen molar-refractivity contribution in [2.75, 3.05) is 6.26 Å². The minimum absolute atomic E-state index is 0.144. The summed E-state index contributed by atoms with van der Waals surface area (Å²) in [5, 5.41) is 3.39. The van der Waals surface area contributed by atoms with E-state index in [9.17, 15) is 4.79 Å². The Balaban J connectivity index is 2.11. The molecule has 104 valence electrons. The van der Waals surface area contributed by atoms with E-state index < -0.39 is 0 Å². The second-order valence-corrected chi connectivity index (χ2v) is 5.74. The van der Waals surface area contributed by atoms with Gasteiger partial charge in [0.15, 0.2) is 0 Å². The van der Waals surface area contributed by atoms with Crippen molar-refractivity contribution in [3.05, 3.63) is 64.2 Å². The molecule has 1 N–H and O–H groups in total. The molecule has 2 aromatic carbocycles. The SMILES string of the molecule is CSc1ccc(Cl)c(C(=O)NCc2ccccc2C)c1. The second kappa shape index (κ2) is 6.82. The Morgan fingerprint density at radius 3 is 2.70 bits per heavy atom. The number of halogens is 1. The maximum atomic E-state index is 12.2. The zero-order chi connectivity index (χ0) is 14.5. The lowest BCUT2D eigenvalue weighted by atomic mass is 10.1. The first-order valence-electron chi connectivity index (χ1n) is 6.28. The van der Waals surface area contributed by atoms with Gasteiger partial charge in [-0.2, -0.15) is 0 Å². The van der Waals surface area contributed by atoms with E-state index in [1.54, 1.807) is 17.8 Å². The zero-order valence-corrected chi connectivity index (χ0v) is 13.0. The largest absolute Gasteiger partial charge is 0.348 e. The Morgan fingerprint density at radius 2 is 2.00 bits per heavy atom. The van der Waals surface area contributed by atoms with Gasteiger partial charge in [-0.05, 0) is 42.5 Å². The summed E-state index contributed by atoms with van der Waals surface area (Å²) in [6.07, 6.45) is 1.97. The molecule has 4 heteroatoms. The van der Waals surface area contributed by atoms with Gasteiger partial charge in [-0.1, -0.05) is 35.9 Å². The summed E-state index contributed by atoms with van der Waals surface area (Å²) in [5.41, 5.74) is 2.79. The average Bonchev–Trinajstić information content (AvgIpc) is 2.46. The Labute approximate surface area is 128 Å². The number of amides is 1. The Bertz CT molecular complexity index is 628. The van der Waals surface area contributed by atoms with Gasteiger partial charge < -0.3 is 5.32 Å². The van der Waals surface area contributed by atoms with E-state index in [1.807, 2.05) is 49.6 Å². The predicted octanol–water partition coefficient (Wildman–Crippen LogP) is 4.30. The minimum Gasteiger partial charge on any atom is -0.348 e. The molecule has 0 aliphatic carbocycles. The Kier molecular flexibility index (Phi) is 5.10. The van der Waals surface area contributed by atoms with Crippen LogP contribution < -0.4 is 5.32 Å². The Morgan fingerprint density at radius 1 is 1.25 bits per heavy atom. The van der Waals surface area contributed by atoms with Gasteiger partial charge in [-0.15, -0.1) is 11.8 Å². The number of hydrogen-bond acceptors (Lipinski definition) is 2. The van der Waals surface area contributed by atoms with Gasteiger partial charge in [0.1, 0.15) is 0 Å². The van der Waals surface area contributed by atoms with Crippen LogP contribution in [0.4, 0.5) is 0 Å². The summed E-state index contributed by atoms with van der Waals surface area (Å²) in [7, 11) is 0. The van der Waals surface area contributed by atoms with Crippen LogP contribution in [-0.2, 0) is 6.54 Å². The van der Waals surface area contributed by atoms with E-state index in [0.717, 1.165) is 16.0 Å². The number of rotatable bonds is 4. The van der Waals surface area contributed by atoms with Gasteiger partial charge in [0.2, 0.25) is 0 Å². The highest BCUT2D eigenvalue weighted by atomic mass is 35.5. The van der Waals surface area contributed by atoms with Crippen molar-refractivity contribution in [3.63, 3.8) is 0 Å². The molecule has 2 aromatic rings. The van der Waals surface area contributed by atoms with Crippen LogP contribution in [0.25, 0.3) is 0 Å². The normalized spacial score (nSPS) is 10.3. The van der Waals surface area contributed by atoms with E-state index >= 15 is 0 Å². The second-order valence-electron chi connectivity index (χ2n) is 4.45. The van der Waals surface area contributed by atoms with Crippen LogP contribution in [0, 0.1) is 6.92 Å². The summed E-state index contributed by atoms with van der Waals surface area (Å²) >= 11 is 7.68. The van der Waals surface area contributed by atoms with Crippen LogP contribution in [0.5, 0.6) is 0 Å². The molecule has 1 amide bonds. The summed E-state index contributed by atoms with van der Waals surface area (Å²) in [4.78, 5) is 13.2. The van der Waals surface area contributed by atoms with E-state index in [4.69, 9.17) is 11.6 Å².